The first kappa shape index (κ1) is 33.0. The zero-order valence-corrected chi connectivity index (χ0v) is 30.0. The second-order valence-corrected chi connectivity index (χ2v) is 18.8. The Labute approximate surface area is 282 Å². The summed E-state index contributed by atoms with van der Waals surface area (Å²) in [5.41, 5.74) is 0.528. The summed E-state index contributed by atoms with van der Waals surface area (Å²) in [5, 5.41) is 15.2. The van der Waals surface area contributed by atoms with Crippen LogP contribution in [0, 0.1) is 56.7 Å². The monoisotopic (exact) mass is 654 g/mol. The van der Waals surface area contributed by atoms with Gasteiger partial charge in [-0.05, 0) is 122 Å². The van der Waals surface area contributed by atoms with Gasteiger partial charge in [-0.15, -0.1) is 0 Å². The minimum Gasteiger partial charge on any atom is -0.390 e. The summed E-state index contributed by atoms with van der Waals surface area (Å²) in [6, 6.07) is 0. The number of hydrogen-bond donors (Lipinski definition) is 2. The van der Waals surface area contributed by atoms with Crippen LogP contribution in [0.25, 0.3) is 0 Å². The Kier molecular flexibility index (Phi) is 7.81. The molecule has 8 aliphatic rings. The first-order chi connectivity index (χ1) is 22.3. The molecule has 264 valence electrons. The van der Waals surface area contributed by atoms with Gasteiger partial charge in [-0.25, -0.2) is 0 Å². The normalized spacial score (nSPS) is 51.1. The van der Waals surface area contributed by atoms with E-state index in [0.29, 0.717) is 73.0 Å². The number of nitrogens with one attached hydrogen (secondary N) is 1. The predicted molar refractivity (Wildman–Crippen MR) is 178 cm³/mol. The van der Waals surface area contributed by atoms with Crippen molar-refractivity contribution >= 4 is 11.8 Å². The number of aliphatic hydroxyl groups excluding tert-OH is 1. The Morgan fingerprint density at radius 2 is 1.74 bits per heavy atom. The van der Waals surface area contributed by atoms with Gasteiger partial charge < -0.3 is 29.5 Å². The molecule has 0 aromatic heterocycles. The number of morpholine rings is 1. The van der Waals surface area contributed by atoms with Crippen molar-refractivity contribution in [1.29, 1.82) is 0 Å². The largest absolute Gasteiger partial charge is 0.390 e. The molecular formula is C39H62N2O6. The van der Waals surface area contributed by atoms with Gasteiger partial charge in [0.2, 0.25) is 11.8 Å². The molecule has 2 spiro atoms. The van der Waals surface area contributed by atoms with Crippen LogP contribution in [0.3, 0.4) is 0 Å². The van der Waals surface area contributed by atoms with Gasteiger partial charge in [-0.2, -0.15) is 0 Å². The maximum Gasteiger partial charge on any atom is 0.223 e. The predicted octanol–water partition coefficient (Wildman–Crippen LogP) is 5.70. The first-order valence-electron chi connectivity index (χ1n) is 19.4. The highest BCUT2D eigenvalue weighted by Crippen LogP contribution is 2.89. The number of hydrogen-bond acceptors (Lipinski definition) is 6. The molecule has 2 heterocycles. The minimum atomic E-state index is -0.471. The van der Waals surface area contributed by atoms with Crippen LogP contribution in [0.5, 0.6) is 0 Å². The van der Waals surface area contributed by atoms with Crippen LogP contribution < -0.4 is 5.32 Å². The molecule has 0 aromatic carbocycles. The van der Waals surface area contributed by atoms with Crippen LogP contribution in [0.4, 0.5) is 0 Å². The molecule has 2 saturated heterocycles. The van der Waals surface area contributed by atoms with E-state index in [1.807, 2.05) is 4.90 Å². The zero-order valence-electron chi connectivity index (χ0n) is 30.0. The van der Waals surface area contributed by atoms with E-state index >= 15 is 0 Å². The van der Waals surface area contributed by atoms with Crippen molar-refractivity contribution in [2.24, 2.45) is 56.7 Å². The van der Waals surface area contributed by atoms with Crippen LogP contribution in [0.2, 0.25) is 0 Å². The number of nitrogens with zero attached hydrogens (tertiary/aromatic N) is 1. The molecule has 8 fully saturated rings. The molecule has 8 rings (SSSR count). The third kappa shape index (κ3) is 4.65. The van der Waals surface area contributed by atoms with Crippen molar-refractivity contribution in [3.63, 3.8) is 0 Å². The molecule has 7 unspecified atom stereocenters. The summed E-state index contributed by atoms with van der Waals surface area (Å²) in [6.07, 6.45) is 12.8. The van der Waals surface area contributed by atoms with E-state index in [1.165, 1.54) is 51.4 Å². The molecule has 0 bridgehead atoms. The molecule has 6 aliphatic carbocycles. The Hall–Kier alpha value is -1.22. The Balaban J connectivity index is 0.987. The lowest BCUT2D eigenvalue weighted by molar-refractivity contribution is -0.248. The van der Waals surface area contributed by atoms with E-state index in [2.05, 4.69) is 39.9 Å². The van der Waals surface area contributed by atoms with E-state index in [1.54, 1.807) is 7.05 Å². The fraction of sp³-hybridized carbons (Fsp3) is 0.949. The number of carbonyl (C=O) groups excluding carboxylic acids is 2. The van der Waals surface area contributed by atoms with Crippen molar-refractivity contribution in [3.8, 4) is 0 Å². The molecule has 2 amide bonds. The third-order valence-electron chi connectivity index (χ3n) is 16.6. The fourth-order valence-electron chi connectivity index (χ4n) is 14.0. The van der Waals surface area contributed by atoms with E-state index in [4.69, 9.17) is 14.2 Å². The topological polar surface area (TPSA) is 97.3 Å². The van der Waals surface area contributed by atoms with Crippen molar-refractivity contribution in [3.05, 3.63) is 0 Å². The number of fused-ring (bicyclic) bond motifs is 4. The summed E-state index contributed by atoms with van der Waals surface area (Å²) < 4.78 is 19.8. The average molecular weight is 655 g/mol. The van der Waals surface area contributed by atoms with E-state index < -0.39 is 6.10 Å². The highest BCUT2D eigenvalue weighted by Gasteiger charge is 2.84. The lowest BCUT2D eigenvalue weighted by atomic mass is 9.41. The molecule has 8 nitrogen and oxygen atoms in total. The summed E-state index contributed by atoms with van der Waals surface area (Å²) in [6.45, 7) is 14.1. The number of amides is 2. The maximum absolute atomic E-state index is 12.9. The second-order valence-electron chi connectivity index (χ2n) is 18.8. The van der Waals surface area contributed by atoms with Gasteiger partial charge in [0.1, 0.15) is 0 Å². The Morgan fingerprint density at radius 1 is 1.00 bits per heavy atom. The summed E-state index contributed by atoms with van der Waals surface area (Å²) in [5.74, 6) is 2.87. The van der Waals surface area contributed by atoms with Gasteiger partial charge in [-0.3, -0.25) is 9.59 Å². The molecule has 6 saturated carbocycles. The van der Waals surface area contributed by atoms with Crippen LogP contribution in [0.15, 0.2) is 0 Å². The quantitative estimate of drug-likeness (QED) is 0.366. The van der Waals surface area contributed by atoms with Crippen molar-refractivity contribution in [2.75, 3.05) is 26.7 Å². The van der Waals surface area contributed by atoms with Gasteiger partial charge in [-0.1, -0.05) is 34.6 Å². The molecule has 2 aliphatic heterocycles. The first-order valence-corrected chi connectivity index (χ1v) is 19.4. The number of ether oxygens (including phenoxy) is 3. The molecule has 0 aromatic rings. The minimum absolute atomic E-state index is 0.0238. The Bertz CT molecular complexity index is 1270. The summed E-state index contributed by atoms with van der Waals surface area (Å²) in [7, 11) is 1.70. The molecule has 13 atom stereocenters. The third-order valence-corrected chi connectivity index (χ3v) is 16.6. The van der Waals surface area contributed by atoms with Crippen LogP contribution in [-0.4, -0.2) is 79.3 Å². The van der Waals surface area contributed by atoms with Crippen LogP contribution in [-0.2, 0) is 23.8 Å². The molecule has 47 heavy (non-hydrogen) atoms. The van der Waals surface area contributed by atoms with Crippen molar-refractivity contribution in [2.45, 2.75) is 149 Å². The highest BCUT2D eigenvalue weighted by atomic mass is 16.7. The molecule has 2 N–H and O–H groups in total. The van der Waals surface area contributed by atoms with E-state index in [-0.39, 0.29) is 52.7 Å². The molecule has 8 heteroatoms. The zero-order chi connectivity index (χ0) is 33.1. The van der Waals surface area contributed by atoms with Gasteiger partial charge >= 0.3 is 0 Å². The maximum atomic E-state index is 12.9. The highest BCUT2D eigenvalue weighted by molar-refractivity contribution is 5.77. The fourth-order valence-corrected chi connectivity index (χ4v) is 14.0. The van der Waals surface area contributed by atoms with Crippen molar-refractivity contribution < 1.29 is 28.9 Å². The van der Waals surface area contributed by atoms with Gasteiger partial charge in [0, 0.05) is 31.8 Å². The van der Waals surface area contributed by atoms with Crippen LogP contribution >= 0.6 is 0 Å². The summed E-state index contributed by atoms with van der Waals surface area (Å²) >= 11 is 0. The smallest absolute Gasteiger partial charge is 0.223 e. The number of rotatable bonds is 7. The molecule has 0 radical (unpaired) electrons. The van der Waals surface area contributed by atoms with Gasteiger partial charge in [0.25, 0.3) is 0 Å². The van der Waals surface area contributed by atoms with Crippen LogP contribution in [0.1, 0.15) is 118 Å². The lowest BCUT2D eigenvalue weighted by Crippen LogP contribution is -2.60. The standard InChI is InChI=1S/C39H62N2O6/c1-23-19-25(9-12-29(42)40-6)46-33-32(23)36(4)15-16-39-22-38(39)14-13-28(35(2,3)26(38)10-11-27(39)37(36,5)34(33)44)47-31-21-41(17-18-45-31)30(43)20-24-7-8-24/h23-28,31-34,44H,7-22H2,1-6H3,(H,40,42)/t23-,25?,26+,27?,28?,31?,32+,33-,34+,36?,37-,38?,39?/m1/s1. The lowest BCUT2D eigenvalue weighted by Gasteiger charge is -2.64. The van der Waals surface area contributed by atoms with Gasteiger partial charge in [0.15, 0.2) is 6.29 Å². The van der Waals surface area contributed by atoms with E-state index in [0.717, 1.165) is 19.3 Å². The van der Waals surface area contributed by atoms with E-state index in [9.17, 15) is 14.7 Å². The average Bonchev–Trinajstić information content (AvgIpc) is 3.96. The SMILES string of the molecule is CNC(=O)CCC1C[C@@H](C)[C@H]2[C@@H](O1)[C@H](O)[C@@]1(C)C3CC[C@H]4C(C)(C)C(OC5CN(C(=O)CC6CC6)CCO5)CCC45CC35CCC21C. The Morgan fingerprint density at radius 3 is 2.49 bits per heavy atom. The second kappa shape index (κ2) is 11.1. The number of aliphatic hydroxyl groups is 1. The summed E-state index contributed by atoms with van der Waals surface area (Å²) in [4.78, 5) is 26.9. The molecular weight excluding hydrogens is 592 g/mol. The van der Waals surface area contributed by atoms with Crippen molar-refractivity contribution in [1.82, 2.24) is 10.2 Å². The number of carbonyl (C=O) groups is 2. The van der Waals surface area contributed by atoms with Gasteiger partial charge in [0.05, 0.1) is 37.6 Å².